The molecule has 0 atom stereocenters. The Morgan fingerprint density at radius 2 is 2.00 bits per heavy atom. The number of carbonyl (C=O) groups excluding carboxylic acids is 1. The summed E-state index contributed by atoms with van der Waals surface area (Å²) in [6.07, 6.45) is 1.23. The van der Waals surface area contributed by atoms with Crippen molar-refractivity contribution in [2.75, 3.05) is 13.8 Å². The van der Waals surface area contributed by atoms with Gasteiger partial charge in [-0.15, -0.1) is 0 Å². The van der Waals surface area contributed by atoms with E-state index in [1.165, 1.54) is 7.11 Å². The molecule has 76 valence electrons. The summed E-state index contributed by atoms with van der Waals surface area (Å²) in [4.78, 5) is 11.1. The highest BCUT2D eigenvalue weighted by molar-refractivity contribution is 5.89. The first-order valence-electron chi connectivity index (χ1n) is 4.51. The van der Waals surface area contributed by atoms with Gasteiger partial charge in [0.2, 0.25) is 0 Å². The maximum atomic E-state index is 11.9. The zero-order chi connectivity index (χ0) is 10.4. The summed E-state index contributed by atoms with van der Waals surface area (Å²) >= 11 is 0. The summed E-state index contributed by atoms with van der Waals surface area (Å²) in [5.41, 5.74) is 1.56. The molecule has 0 aliphatic carbocycles. The Hall–Kier alpha value is -1.38. The van der Waals surface area contributed by atoms with Crippen LogP contribution in [0.25, 0.3) is 0 Å². The molecule has 0 aliphatic heterocycles. The van der Waals surface area contributed by atoms with Crippen molar-refractivity contribution in [1.29, 1.82) is 0 Å². The highest BCUT2D eigenvalue weighted by Crippen LogP contribution is 2.07. The van der Waals surface area contributed by atoms with Crippen molar-refractivity contribution in [3.8, 4) is 0 Å². The van der Waals surface area contributed by atoms with Gasteiger partial charge >= 0.3 is 5.97 Å². The first kappa shape index (κ1) is 10.7. The molecule has 3 heteroatoms. The molecule has 0 saturated carbocycles. The van der Waals surface area contributed by atoms with Gasteiger partial charge < -0.3 is 4.74 Å². The van der Waals surface area contributed by atoms with Gasteiger partial charge in [0.1, 0.15) is 0 Å². The summed E-state index contributed by atoms with van der Waals surface area (Å²) in [5.74, 6) is -0.345. The highest BCUT2D eigenvalue weighted by atomic mass is 19.1. The molecule has 0 aromatic heterocycles. The lowest BCUT2D eigenvalue weighted by atomic mass is 10.1. The van der Waals surface area contributed by atoms with Crippen LogP contribution in [0, 0.1) is 0 Å². The van der Waals surface area contributed by atoms with Crippen LogP contribution >= 0.6 is 0 Å². The molecule has 0 bridgehead atoms. The van der Waals surface area contributed by atoms with Gasteiger partial charge in [0.05, 0.1) is 19.3 Å². The zero-order valence-electron chi connectivity index (χ0n) is 8.13. The van der Waals surface area contributed by atoms with Crippen LogP contribution in [0.1, 0.15) is 22.3 Å². The van der Waals surface area contributed by atoms with Gasteiger partial charge in [0, 0.05) is 0 Å². The first-order chi connectivity index (χ1) is 6.77. The lowest BCUT2D eigenvalue weighted by Gasteiger charge is -2.01. The van der Waals surface area contributed by atoms with Gasteiger partial charge in [-0.2, -0.15) is 0 Å². The number of alkyl halides is 1. The van der Waals surface area contributed by atoms with E-state index in [4.69, 9.17) is 0 Å². The Morgan fingerprint density at radius 3 is 2.50 bits per heavy atom. The fourth-order valence-electron chi connectivity index (χ4n) is 1.20. The third kappa shape index (κ3) is 2.83. The van der Waals surface area contributed by atoms with Crippen molar-refractivity contribution in [2.24, 2.45) is 0 Å². The van der Waals surface area contributed by atoms with E-state index in [1.807, 2.05) is 12.1 Å². The molecule has 1 aromatic carbocycles. The van der Waals surface area contributed by atoms with Crippen LogP contribution in [-0.4, -0.2) is 19.8 Å². The summed E-state index contributed by atoms with van der Waals surface area (Å²) in [6, 6.07) is 7.03. The van der Waals surface area contributed by atoms with E-state index >= 15 is 0 Å². The molecule has 1 rings (SSSR count). The number of benzene rings is 1. The number of halogens is 1. The second-order valence-corrected chi connectivity index (χ2v) is 2.98. The minimum Gasteiger partial charge on any atom is -0.465 e. The van der Waals surface area contributed by atoms with Crippen molar-refractivity contribution < 1.29 is 13.9 Å². The summed E-state index contributed by atoms with van der Waals surface area (Å²) < 4.78 is 16.4. The van der Waals surface area contributed by atoms with E-state index in [0.717, 1.165) is 5.56 Å². The quantitative estimate of drug-likeness (QED) is 0.691. The molecule has 14 heavy (non-hydrogen) atoms. The number of aryl methyl sites for hydroxylation is 1. The van der Waals surface area contributed by atoms with E-state index in [9.17, 15) is 9.18 Å². The van der Waals surface area contributed by atoms with Crippen LogP contribution in [0.5, 0.6) is 0 Å². The van der Waals surface area contributed by atoms with Crippen LogP contribution < -0.4 is 0 Å². The summed E-state index contributed by atoms with van der Waals surface area (Å²) in [7, 11) is 1.35. The number of methoxy groups -OCH3 is 1. The molecule has 0 unspecified atom stereocenters. The molecule has 0 heterocycles. The largest absolute Gasteiger partial charge is 0.465 e. The highest BCUT2D eigenvalue weighted by Gasteiger charge is 2.03. The predicted octanol–water partition coefficient (Wildman–Crippen LogP) is 2.38. The van der Waals surface area contributed by atoms with Crippen LogP contribution in [-0.2, 0) is 11.2 Å². The van der Waals surface area contributed by atoms with E-state index in [1.54, 1.807) is 12.1 Å². The van der Waals surface area contributed by atoms with Gasteiger partial charge in [-0.05, 0) is 30.5 Å². The monoisotopic (exact) mass is 196 g/mol. The number of hydrogen-bond acceptors (Lipinski definition) is 2. The van der Waals surface area contributed by atoms with E-state index in [-0.39, 0.29) is 12.6 Å². The second kappa shape index (κ2) is 5.37. The summed E-state index contributed by atoms with van der Waals surface area (Å²) in [6.45, 7) is -0.307. The molecule has 0 aliphatic rings. The SMILES string of the molecule is COC(=O)c1ccc(CCCF)cc1. The van der Waals surface area contributed by atoms with Gasteiger partial charge in [-0.1, -0.05) is 12.1 Å². The number of hydrogen-bond donors (Lipinski definition) is 0. The Morgan fingerprint density at radius 1 is 1.36 bits per heavy atom. The van der Waals surface area contributed by atoms with Crippen LogP contribution in [0.4, 0.5) is 4.39 Å². The Kier molecular flexibility index (Phi) is 4.11. The number of ether oxygens (including phenoxy) is 1. The molecule has 0 amide bonds. The second-order valence-electron chi connectivity index (χ2n) is 2.98. The van der Waals surface area contributed by atoms with Crippen molar-refractivity contribution in [1.82, 2.24) is 0 Å². The van der Waals surface area contributed by atoms with Gasteiger partial charge in [0.15, 0.2) is 0 Å². The molecule has 1 aromatic rings. The molecule has 0 fully saturated rings. The fourth-order valence-corrected chi connectivity index (χ4v) is 1.20. The minimum absolute atomic E-state index is 0.307. The topological polar surface area (TPSA) is 26.3 Å². The molecule has 0 N–H and O–H groups in total. The van der Waals surface area contributed by atoms with Crippen molar-refractivity contribution >= 4 is 5.97 Å². The van der Waals surface area contributed by atoms with Gasteiger partial charge in [-0.3, -0.25) is 4.39 Å². The standard InChI is InChI=1S/C11H13FO2/c1-14-11(13)10-6-4-9(5-7-10)3-2-8-12/h4-7H,2-3,8H2,1H3. The molecule has 0 saturated heterocycles. The molecule has 0 radical (unpaired) electrons. The third-order valence-electron chi connectivity index (χ3n) is 1.97. The normalized spacial score (nSPS) is 9.86. The summed E-state index contributed by atoms with van der Waals surface area (Å²) in [5, 5.41) is 0. The first-order valence-corrected chi connectivity index (χ1v) is 4.51. The van der Waals surface area contributed by atoms with E-state index in [2.05, 4.69) is 4.74 Å². The third-order valence-corrected chi connectivity index (χ3v) is 1.97. The lowest BCUT2D eigenvalue weighted by molar-refractivity contribution is 0.0600. The zero-order valence-corrected chi connectivity index (χ0v) is 8.13. The van der Waals surface area contributed by atoms with E-state index < -0.39 is 0 Å². The van der Waals surface area contributed by atoms with Gasteiger partial charge in [-0.25, -0.2) is 4.79 Å². The average molecular weight is 196 g/mol. The minimum atomic E-state index is -0.345. The Bertz CT molecular complexity index is 293. The predicted molar refractivity (Wildman–Crippen MR) is 52.1 cm³/mol. The van der Waals surface area contributed by atoms with Gasteiger partial charge in [0.25, 0.3) is 0 Å². The van der Waals surface area contributed by atoms with Crippen molar-refractivity contribution in [3.05, 3.63) is 35.4 Å². The molecular formula is C11H13FO2. The number of carbonyl (C=O) groups is 1. The van der Waals surface area contributed by atoms with E-state index in [0.29, 0.717) is 18.4 Å². The van der Waals surface area contributed by atoms with Crippen LogP contribution in [0.15, 0.2) is 24.3 Å². The Balaban J connectivity index is 2.63. The fraction of sp³-hybridized carbons (Fsp3) is 0.364. The Labute approximate surface area is 82.7 Å². The smallest absolute Gasteiger partial charge is 0.337 e. The number of rotatable bonds is 4. The maximum absolute atomic E-state index is 11.9. The van der Waals surface area contributed by atoms with Crippen molar-refractivity contribution in [3.63, 3.8) is 0 Å². The lowest BCUT2D eigenvalue weighted by Crippen LogP contribution is -2.00. The van der Waals surface area contributed by atoms with Crippen LogP contribution in [0.2, 0.25) is 0 Å². The average Bonchev–Trinajstić information content (AvgIpc) is 2.26. The molecular weight excluding hydrogens is 183 g/mol. The maximum Gasteiger partial charge on any atom is 0.337 e. The van der Waals surface area contributed by atoms with Crippen LogP contribution in [0.3, 0.4) is 0 Å². The number of esters is 1. The molecule has 2 nitrogen and oxygen atoms in total. The molecule has 0 spiro atoms. The van der Waals surface area contributed by atoms with Crippen molar-refractivity contribution in [2.45, 2.75) is 12.8 Å².